The van der Waals surface area contributed by atoms with Crippen LogP contribution in [-0.4, -0.2) is 51.7 Å². The summed E-state index contributed by atoms with van der Waals surface area (Å²) in [5.74, 6) is 0.734. The summed E-state index contributed by atoms with van der Waals surface area (Å²) in [7, 11) is 1.63. The fraction of sp³-hybridized carbons (Fsp3) is 0.409. The van der Waals surface area contributed by atoms with Gasteiger partial charge in [-0.05, 0) is 44.0 Å². The van der Waals surface area contributed by atoms with Crippen LogP contribution in [0, 0.1) is 0 Å². The lowest BCUT2D eigenvalue weighted by Gasteiger charge is -2.39. The van der Waals surface area contributed by atoms with Crippen molar-refractivity contribution in [1.29, 1.82) is 0 Å². The van der Waals surface area contributed by atoms with Crippen LogP contribution in [0.4, 0.5) is 0 Å². The number of aryl methyl sites for hydroxylation is 1. The first-order valence-corrected chi connectivity index (χ1v) is 10.0. The molecule has 1 saturated heterocycles. The molecule has 0 radical (unpaired) electrons. The van der Waals surface area contributed by atoms with Gasteiger partial charge in [-0.3, -0.25) is 4.79 Å². The number of ether oxygens (including phenoxy) is 1. The third-order valence-corrected chi connectivity index (χ3v) is 5.77. The molecule has 30 heavy (non-hydrogen) atoms. The average Bonchev–Trinajstić information content (AvgIpc) is 2.77. The third-order valence-electron chi connectivity index (χ3n) is 5.77. The molecule has 1 aliphatic heterocycles. The number of methoxy groups -OCH3 is 1. The van der Waals surface area contributed by atoms with Gasteiger partial charge >= 0.3 is 0 Å². The normalized spacial score (nSPS) is 16.2. The molecule has 0 saturated carbocycles. The predicted octanol–water partition coefficient (Wildman–Crippen LogP) is 2.60. The number of halogens is 1. The van der Waals surface area contributed by atoms with Crippen molar-refractivity contribution in [3.05, 3.63) is 64.4 Å². The van der Waals surface area contributed by atoms with Gasteiger partial charge in [0.1, 0.15) is 11.3 Å². The molecule has 1 N–H and O–H groups in total. The van der Waals surface area contributed by atoms with Gasteiger partial charge in [-0.25, -0.2) is 4.68 Å². The number of benzene rings is 2. The largest absolute Gasteiger partial charge is 0.496 e. The lowest BCUT2D eigenvalue weighted by atomic mass is 9.84. The number of likely N-dealkylation sites (tertiary alicyclic amines) is 1. The molecule has 8 heteroatoms. The molecule has 0 amide bonds. The van der Waals surface area contributed by atoms with Crippen LogP contribution >= 0.6 is 12.4 Å². The monoisotopic (exact) mass is 430 g/mol. The Labute approximate surface area is 181 Å². The summed E-state index contributed by atoms with van der Waals surface area (Å²) in [5.41, 5.74) is 0.532. The Morgan fingerprint density at radius 1 is 1.07 bits per heavy atom. The lowest BCUT2D eigenvalue weighted by molar-refractivity contribution is -0.0277. The molecule has 3 aromatic rings. The van der Waals surface area contributed by atoms with Crippen LogP contribution in [0.3, 0.4) is 0 Å². The number of para-hydroxylation sites is 1. The van der Waals surface area contributed by atoms with E-state index < -0.39 is 5.60 Å². The van der Waals surface area contributed by atoms with Crippen molar-refractivity contribution < 1.29 is 9.84 Å². The van der Waals surface area contributed by atoms with Crippen LogP contribution in [0.5, 0.6) is 5.75 Å². The molecule has 7 nitrogen and oxygen atoms in total. The zero-order chi connectivity index (χ0) is 20.3. The van der Waals surface area contributed by atoms with E-state index in [1.807, 2.05) is 36.4 Å². The second-order valence-corrected chi connectivity index (χ2v) is 7.56. The minimum atomic E-state index is -0.857. The van der Waals surface area contributed by atoms with E-state index in [0.717, 1.165) is 37.4 Å². The van der Waals surface area contributed by atoms with Crippen LogP contribution in [0.1, 0.15) is 24.8 Å². The van der Waals surface area contributed by atoms with Crippen molar-refractivity contribution in [3.63, 3.8) is 0 Å². The highest BCUT2D eigenvalue weighted by Gasteiger charge is 2.35. The average molecular weight is 431 g/mol. The summed E-state index contributed by atoms with van der Waals surface area (Å²) in [5, 5.41) is 19.9. The Bertz CT molecular complexity index is 1050. The highest BCUT2D eigenvalue weighted by atomic mass is 35.5. The first-order valence-electron chi connectivity index (χ1n) is 10.0. The fourth-order valence-corrected chi connectivity index (χ4v) is 4.06. The smallest absolute Gasteiger partial charge is 0.277 e. The van der Waals surface area contributed by atoms with Gasteiger partial charge in [-0.15, -0.1) is 17.5 Å². The van der Waals surface area contributed by atoms with Crippen molar-refractivity contribution in [1.82, 2.24) is 19.9 Å². The number of hydrogen-bond donors (Lipinski definition) is 1. The van der Waals surface area contributed by atoms with Gasteiger partial charge in [0.05, 0.1) is 18.1 Å². The second kappa shape index (κ2) is 9.55. The van der Waals surface area contributed by atoms with E-state index in [1.165, 1.54) is 4.68 Å². The number of fused-ring (bicyclic) bond motifs is 1. The maximum absolute atomic E-state index is 12.5. The van der Waals surface area contributed by atoms with E-state index in [4.69, 9.17) is 4.74 Å². The molecule has 1 fully saturated rings. The summed E-state index contributed by atoms with van der Waals surface area (Å²) in [6.45, 7) is 2.98. The van der Waals surface area contributed by atoms with E-state index in [1.54, 1.807) is 19.2 Å². The molecule has 160 valence electrons. The van der Waals surface area contributed by atoms with Crippen LogP contribution in [0.2, 0.25) is 0 Å². The van der Waals surface area contributed by atoms with Gasteiger partial charge in [0, 0.05) is 25.2 Å². The summed E-state index contributed by atoms with van der Waals surface area (Å²) < 4.78 is 6.87. The van der Waals surface area contributed by atoms with Crippen LogP contribution in [0.25, 0.3) is 10.9 Å². The van der Waals surface area contributed by atoms with Gasteiger partial charge in [0.15, 0.2) is 0 Å². The second-order valence-electron chi connectivity index (χ2n) is 7.56. The maximum Gasteiger partial charge on any atom is 0.277 e. The molecule has 4 rings (SSSR count). The molecule has 0 atom stereocenters. The summed E-state index contributed by atoms with van der Waals surface area (Å²) >= 11 is 0. The van der Waals surface area contributed by atoms with Crippen LogP contribution in [-0.2, 0) is 12.1 Å². The molecule has 2 heterocycles. The Morgan fingerprint density at radius 3 is 2.53 bits per heavy atom. The minimum Gasteiger partial charge on any atom is -0.496 e. The first-order chi connectivity index (χ1) is 14.1. The van der Waals surface area contributed by atoms with E-state index in [-0.39, 0.29) is 18.0 Å². The van der Waals surface area contributed by atoms with E-state index >= 15 is 0 Å². The van der Waals surface area contributed by atoms with E-state index in [9.17, 15) is 9.90 Å². The third kappa shape index (κ3) is 4.48. The van der Waals surface area contributed by atoms with Crippen molar-refractivity contribution in [2.24, 2.45) is 0 Å². The van der Waals surface area contributed by atoms with Crippen molar-refractivity contribution in [2.75, 3.05) is 26.7 Å². The predicted molar refractivity (Wildman–Crippen MR) is 118 cm³/mol. The van der Waals surface area contributed by atoms with Crippen molar-refractivity contribution in [2.45, 2.75) is 31.4 Å². The summed E-state index contributed by atoms with van der Waals surface area (Å²) in [4.78, 5) is 14.8. The Morgan fingerprint density at radius 2 is 1.77 bits per heavy atom. The number of nitrogens with zero attached hydrogens (tertiary/aromatic N) is 4. The number of piperidine rings is 1. The maximum atomic E-state index is 12.5. The molecule has 1 aromatic heterocycles. The van der Waals surface area contributed by atoms with Gasteiger partial charge in [0.25, 0.3) is 5.56 Å². The molecule has 0 spiro atoms. The van der Waals surface area contributed by atoms with Gasteiger partial charge in [-0.2, -0.15) is 0 Å². The topological polar surface area (TPSA) is 80.5 Å². The zero-order valence-electron chi connectivity index (χ0n) is 17.0. The highest BCUT2D eigenvalue weighted by molar-refractivity contribution is 5.85. The SMILES string of the molecule is COc1ccccc1C1(O)CCN(CCCn2nnc3ccccc3c2=O)CC1.Cl. The van der Waals surface area contributed by atoms with Gasteiger partial charge < -0.3 is 14.7 Å². The van der Waals surface area contributed by atoms with E-state index in [2.05, 4.69) is 15.2 Å². The molecule has 0 unspecified atom stereocenters. The molecular formula is C22H27ClN4O3. The summed E-state index contributed by atoms with van der Waals surface area (Å²) in [6, 6.07) is 15.0. The van der Waals surface area contributed by atoms with Crippen molar-refractivity contribution >= 4 is 23.3 Å². The zero-order valence-corrected chi connectivity index (χ0v) is 17.8. The minimum absolute atomic E-state index is 0. The molecule has 2 aromatic carbocycles. The number of rotatable bonds is 6. The quantitative estimate of drug-likeness (QED) is 0.647. The standard InChI is InChI=1S/C22H26N4O3.ClH/c1-29-20-10-5-3-8-18(20)22(28)11-15-25(16-12-22)13-6-14-26-21(27)17-7-2-4-9-19(17)23-24-26;/h2-5,7-10,28H,6,11-16H2,1H3;1H. The van der Waals surface area contributed by atoms with E-state index in [0.29, 0.717) is 30.3 Å². The van der Waals surface area contributed by atoms with Crippen LogP contribution in [0.15, 0.2) is 53.3 Å². The summed E-state index contributed by atoms with van der Waals surface area (Å²) in [6.07, 6.45) is 2.12. The highest BCUT2D eigenvalue weighted by Crippen LogP contribution is 2.37. The first kappa shape index (κ1) is 22.2. The Hall–Kier alpha value is -2.48. The number of hydrogen-bond acceptors (Lipinski definition) is 6. The molecule has 0 bridgehead atoms. The number of aromatic nitrogens is 3. The molecule has 0 aliphatic carbocycles. The molecule has 1 aliphatic rings. The Balaban J connectivity index is 0.00000256. The van der Waals surface area contributed by atoms with Gasteiger partial charge in [0.2, 0.25) is 0 Å². The fourth-order valence-electron chi connectivity index (χ4n) is 4.06. The lowest BCUT2D eigenvalue weighted by Crippen LogP contribution is -2.43. The molecular weight excluding hydrogens is 404 g/mol. The Kier molecular flexibility index (Phi) is 7.07. The number of aliphatic hydroxyl groups is 1. The van der Waals surface area contributed by atoms with Crippen LogP contribution < -0.4 is 10.3 Å². The van der Waals surface area contributed by atoms with Crippen molar-refractivity contribution in [3.8, 4) is 5.75 Å². The van der Waals surface area contributed by atoms with Gasteiger partial charge in [-0.1, -0.05) is 35.5 Å².